The standard InChI is InChI=1S/C17H24N2O/c18-15-1-2-17(19-10-15)20-4-3-16-13-6-11-5-12(8-13)9-14(16)7-11/h1-2,10-14,16H,3-9,18H2. The van der Waals surface area contributed by atoms with E-state index in [1.54, 1.807) is 6.20 Å². The molecule has 1 aromatic rings. The normalized spacial score (nSPS) is 38.1. The zero-order valence-corrected chi connectivity index (χ0v) is 12.0. The van der Waals surface area contributed by atoms with Gasteiger partial charge in [0.1, 0.15) is 0 Å². The Labute approximate surface area is 120 Å². The molecular formula is C17H24N2O. The van der Waals surface area contributed by atoms with Gasteiger partial charge >= 0.3 is 0 Å². The van der Waals surface area contributed by atoms with Crippen molar-refractivity contribution >= 4 is 5.69 Å². The minimum atomic E-state index is 0.693. The van der Waals surface area contributed by atoms with Crippen molar-refractivity contribution in [3.63, 3.8) is 0 Å². The van der Waals surface area contributed by atoms with Gasteiger partial charge in [0.25, 0.3) is 0 Å². The van der Waals surface area contributed by atoms with Crippen LogP contribution < -0.4 is 10.5 Å². The van der Waals surface area contributed by atoms with Gasteiger partial charge in [0.2, 0.25) is 5.88 Å². The Balaban J connectivity index is 1.32. The molecule has 4 bridgehead atoms. The Morgan fingerprint density at radius 3 is 2.35 bits per heavy atom. The van der Waals surface area contributed by atoms with Gasteiger partial charge in [-0.3, -0.25) is 0 Å². The molecule has 0 amide bonds. The number of aromatic nitrogens is 1. The van der Waals surface area contributed by atoms with Gasteiger partial charge in [-0.25, -0.2) is 4.98 Å². The summed E-state index contributed by atoms with van der Waals surface area (Å²) >= 11 is 0. The van der Waals surface area contributed by atoms with E-state index >= 15 is 0 Å². The predicted molar refractivity (Wildman–Crippen MR) is 79.3 cm³/mol. The highest BCUT2D eigenvalue weighted by atomic mass is 16.5. The monoisotopic (exact) mass is 272 g/mol. The lowest BCUT2D eigenvalue weighted by molar-refractivity contribution is -0.0437. The maximum Gasteiger partial charge on any atom is 0.213 e. The van der Waals surface area contributed by atoms with Crippen LogP contribution in [0.5, 0.6) is 5.88 Å². The number of nitrogen functional groups attached to an aromatic ring is 1. The zero-order valence-electron chi connectivity index (χ0n) is 12.0. The van der Waals surface area contributed by atoms with E-state index in [-0.39, 0.29) is 0 Å². The second kappa shape index (κ2) is 4.94. The van der Waals surface area contributed by atoms with Crippen LogP contribution in [0.25, 0.3) is 0 Å². The molecule has 2 N–H and O–H groups in total. The highest BCUT2D eigenvalue weighted by Crippen LogP contribution is 2.57. The van der Waals surface area contributed by atoms with Crippen LogP contribution in [0.15, 0.2) is 18.3 Å². The first-order chi connectivity index (χ1) is 9.78. The number of hydrogen-bond acceptors (Lipinski definition) is 3. The van der Waals surface area contributed by atoms with Crippen LogP contribution in [0.1, 0.15) is 38.5 Å². The van der Waals surface area contributed by atoms with Crippen molar-refractivity contribution < 1.29 is 4.74 Å². The fraction of sp³-hybridized carbons (Fsp3) is 0.706. The molecule has 5 rings (SSSR count). The smallest absolute Gasteiger partial charge is 0.213 e. The van der Waals surface area contributed by atoms with E-state index in [1.807, 2.05) is 12.1 Å². The summed E-state index contributed by atoms with van der Waals surface area (Å²) in [4.78, 5) is 4.21. The summed E-state index contributed by atoms with van der Waals surface area (Å²) in [5.41, 5.74) is 6.33. The first kappa shape index (κ1) is 12.5. The summed E-state index contributed by atoms with van der Waals surface area (Å²) < 4.78 is 5.80. The molecule has 1 aromatic heterocycles. The SMILES string of the molecule is Nc1ccc(OCCC2C3CC4CC(C3)CC2C4)nc1. The minimum absolute atomic E-state index is 0.693. The Morgan fingerprint density at radius 2 is 1.75 bits per heavy atom. The van der Waals surface area contributed by atoms with Gasteiger partial charge in [0.15, 0.2) is 0 Å². The summed E-state index contributed by atoms with van der Waals surface area (Å²) in [6, 6.07) is 3.72. The molecule has 4 fully saturated rings. The van der Waals surface area contributed by atoms with Crippen LogP contribution in [-0.2, 0) is 0 Å². The molecule has 0 radical (unpaired) electrons. The minimum Gasteiger partial charge on any atom is -0.478 e. The third-order valence-electron chi connectivity index (χ3n) is 5.88. The molecule has 0 unspecified atom stereocenters. The van der Waals surface area contributed by atoms with Crippen molar-refractivity contribution in [2.24, 2.45) is 29.6 Å². The summed E-state index contributed by atoms with van der Waals surface area (Å²) in [6.45, 7) is 0.809. The van der Waals surface area contributed by atoms with Gasteiger partial charge in [0.05, 0.1) is 18.5 Å². The van der Waals surface area contributed by atoms with E-state index in [0.29, 0.717) is 11.6 Å². The summed E-state index contributed by atoms with van der Waals surface area (Å²) in [5, 5.41) is 0. The Morgan fingerprint density at radius 1 is 1.05 bits per heavy atom. The van der Waals surface area contributed by atoms with Gasteiger partial charge in [-0.15, -0.1) is 0 Å². The van der Waals surface area contributed by atoms with Crippen molar-refractivity contribution in [3.05, 3.63) is 18.3 Å². The van der Waals surface area contributed by atoms with Gasteiger partial charge < -0.3 is 10.5 Å². The summed E-state index contributed by atoms with van der Waals surface area (Å²) in [5.74, 6) is 5.74. The van der Waals surface area contributed by atoms with E-state index in [4.69, 9.17) is 10.5 Å². The maximum absolute atomic E-state index is 5.80. The lowest BCUT2D eigenvalue weighted by atomic mass is 9.51. The van der Waals surface area contributed by atoms with Gasteiger partial charge in [-0.2, -0.15) is 0 Å². The largest absolute Gasteiger partial charge is 0.478 e. The number of pyridine rings is 1. The lowest BCUT2D eigenvalue weighted by Gasteiger charge is -2.54. The lowest BCUT2D eigenvalue weighted by Crippen LogP contribution is -2.45. The van der Waals surface area contributed by atoms with E-state index in [2.05, 4.69) is 4.98 Å². The first-order valence-electron chi connectivity index (χ1n) is 8.12. The van der Waals surface area contributed by atoms with Crippen molar-refractivity contribution in [1.82, 2.24) is 4.98 Å². The number of hydrogen-bond donors (Lipinski definition) is 1. The van der Waals surface area contributed by atoms with Crippen LogP contribution in [0.2, 0.25) is 0 Å². The molecule has 0 spiro atoms. The van der Waals surface area contributed by atoms with E-state index < -0.39 is 0 Å². The van der Waals surface area contributed by atoms with Crippen molar-refractivity contribution in [2.45, 2.75) is 38.5 Å². The Hall–Kier alpha value is -1.25. The number of anilines is 1. The highest BCUT2D eigenvalue weighted by Gasteiger charge is 2.47. The van der Waals surface area contributed by atoms with Gasteiger partial charge in [-0.05, 0) is 74.2 Å². The van der Waals surface area contributed by atoms with E-state index in [0.717, 1.165) is 36.2 Å². The predicted octanol–water partition coefficient (Wildman–Crippen LogP) is 3.51. The van der Waals surface area contributed by atoms with Crippen LogP contribution in [0, 0.1) is 29.6 Å². The summed E-state index contributed by atoms with van der Waals surface area (Å²) in [7, 11) is 0. The molecule has 3 nitrogen and oxygen atoms in total. The topological polar surface area (TPSA) is 48.1 Å². The molecule has 0 aliphatic heterocycles. The number of nitrogens with zero attached hydrogens (tertiary/aromatic N) is 1. The zero-order chi connectivity index (χ0) is 13.5. The molecule has 0 aromatic carbocycles. The molecule has 20 heavy (non-hydrogen) atoms. The molecule has 1 heterocycles. The molecule has 3 heteroatoms. The number of ether oxygens (including phenoxy) is 1. The molecule has 0 atom stereocenters. The second-order valence-electron chi connectivity index (χ2n) is 7.16. The molecule has 0 saturated heterocycles. The van der Waals surface area contributed by atoms with Crippen molar-refractivity contribution in [1.29, 1.82) is 0 Å². The first-order valence-corrected chi connectivity index (χ1v) is 8.12. The Bertz CT molecular complexity index is 442. The molecule has 4 aliphatic carbocycles. The average molecular weight is 272 g/mol. The van der Waals surface area contributed by atoms with E-state index in [9.17, 15) is 0 Å². The van der Waals surface area contributed by atoms with Crippen LogP contribution in [-0.4, -0.2) is 11.6 Å². The van der Waals surface area contributed by atoms with E-state index in [1.165, 1.54) is 38.5 Å². The number of nitrogens with two attached hydrogens (primary N) is 1. The van der Waals surface area contributed by atoms with Crippen LogP contribution in [0.4, 0.5) is 5.69 Å². The highest BCUT2D eigenvalue weighted by molar-refractivity contribution is 5.35. The van der Waals surface area contributed by atoms with Gasteiger partial charge in [-0.1, -0.05) is 0 Å². The molecule has 4 aliphatic rings. The van der Waals surface area contributed by atoms with Crippen molar-refractivity contribution in [2.75, 3.05) is 12.3 Å². The Kier molecular flexibility index (Phi) is 3.08. The van der Waals surface area contributed by atoms with Gasteiger partial charge in [0, 0.05) is 6.07 Å². The third-order valence-corrected chi connectivity index (χ3v) is 5.88. The van der Waals surface area contributed by atoms with Crippen molar-refractivity contribution in [3.8, 4) is 5.88 Å². The molecule has 108 valence electrons. The molecular weight excluding hydrogens is 248 g/mol. The maximum atomic E-state index is 5.80. The number of rotatable bonds is 4. The van der Waals surface area contributed by atoms with Crippen LogP contribution in [0.3, 0.4) is 0 Å². The molecule has 4 saturated carbocycles. The quantitative estimate of drug-likeness (QED) is 0.912. The summed E-state index contributed by atoms with van der Waals surface area (Å²) in [6.07, 6.45) is 10.4. The third kappa shape index (κ3) is 2.27. The second-order valence-corrected chi connectivity index (χ2v) is 7.16. The fourth-order valence-corrected chi connectivity index (χ4v) is 5.29. The van der Waals surface area contributed by atoms with Crippen LogP contribution >= 0.6 is 0 Å². The fourth-order valence-electron chi connectivity index (χ4n) is 5.29. The average Bonchev–Trinajstić information content (AvgIpc) is 2.43.